The molecule has 0 amide bonds. The molecule has 0 radical (unpaired) electrons. The highest BCUT2D eigenvalue weighted by Gasteiger charge is 2.14. The molecule has 0 saturated carbocycles. The van der Waals surface area contributed by atoms with Crippen LogP contribution in [0.1, 0.15) is 29.8 Å². The number of methoxy groups -OCH3 is 1. The fraction of sp³-hybridized carbons (Fsp3) is 0.250. The minimum atomic E-state index is -0.0969. The van der Waals surface area contributed by atoms with Crippen molar-refractivity contribution in [2.75, 3.05) is 7.11 Å². The van der Waals surface area contributed by atoms with Crippen molar-refractivity contribution in [2.24, 2.45) is 0 Å². The summed E-state index contributed by atoms with van der Waals surface area (Å²) >= 11 is 0. The van der Waals surface area contributed by atoms with Crippen LogP contribution in [0.25, 0.3) is 0 Å². The highest BCUT2D eigenvalue weighted by Crippen LogP contribution is 2.21. The maximum atomic E-state index is 12.4. The largest absolute Gasteiger partial charge is 0.494 e. The van der Waals surface area contributed by atoms with Crippen molar-refractivity contribution in [1.29, 1.82) is 0 Å². The molecule has 0 aliphatic rings. The highest BCUT2D eigenvalue weighted by atomic mass is 16.5. The maximum Gasteiger partial charge on any atom is 0.196 e. The Bertz CT molecular complexity index is 591. The minimum Gasteiger partial charge on any atom is -0.494 e. The molecule has 0 aliphatic heterocycles. The molecule has 1 aromatic carbocycles. The molecule has 2 aromatic rings. The lowest BCUT2D eigenvalue weighted by Crippen LogP contribution is -2.07. The monoisotopic (exact) mass is 271 g/mol. The molecule has 104 valence electrons. The number of rotatable bonds is 5. The summed E-state index contributed by atoms with van der Waals surface area (Å²) < 4.78 is 10.7. The van der Waals surface area contributed by atoms with Gasteiger partial charge in [-0.05, 0) is 44.2 Å². The minimum absolute atomic E-state index is 0.0969. The summed E-state index contributed by atoms with van der Waals surface area (Å²) in [4.78, 5) is 16.4. The van der Waals surface area contributed by atoms with Crippen LogP contribution >= 0.6 is 0 Å². The first kappa shape index (κ1) is 14.1. The molecule has 0 atom stereocenters. The molecule has 0 aliphatic carbocycles. The van der Waals surface area contributed by atoms with Gasteiger partial charge >= 0.3 is 0 Å². The van der Waals surface area contributed by atoms with Crippen molar-refractivity contribution in [2.45, 2.75) is 20.0 Å². The van der Waals surface area contributed by atoms with Gasteiger partial charge in [-0.2, -0.15) is 0 Å². The second-order valence-electron chi connectivity index (χ2n) is 4.60. The summed E-state index contributed by atoms with van der Waals surface area (Å²) in [6, 6.07) is 8.74. The van der Waals surface area contributed by atoms with Gasteiger partial charge in [-0.15, -0.1) is 0 Å². The number of hydrogen-bond donors (Lipinski definition) is 0. The van der Waals surface area contributed by atoms with Crippen molar-refractivity contribution in [1.82, 2.24) is 4.98 Å². The molecule has 4 heteroatoms. The van der Waals surface area contributed by atoms with Crippen LogP contribution in [0.15, 0.2) is 42.7 Å². The topological polar surface area (TPSA) is 48.4 Å². The molecular weight excluding hydrogens is 254 g/mol. The predicted octanol–water partition coefficient (Wildman–Crippen LogP) is 3.11. The van der Waals surface area contributed by atoms with Crippen molar-refractivity contribution in [3.05, 3.63) is 53.9 Å². The average molecular weight is 271 g/mol. The molecule has 1 aromatic heterocycles. The van der Waals surface area contributed by atoms with E-state index in [0.29, 0.717) is 16.9 Å². The molecular formula is C16H17NO3. The summed E-state index contributed by atoms with van der Waals surface area (Å²) in [5.74, 6) is 1.12. The molecule has 0 fully saturated rings. The van der Waals surface area contributed by atoms with Gasteiger partial charge in [0.05, 0.1) is 25.0 Å². The second-order valence-corrected chi connectivity index (χ2v) is 4.60. The lowest BCUT2D eigenvalue weighted by molar-refractivity contribution is 0.103. The Morgan fingerprint density at radius 3 is 2.45 bits per heavy atom. The van der Waals surface area contributed by atoms with Crippen molar-refractivity contribution in [3.63, 3.8) is 0 Å². The number of pyridine rings is 1. The van der Waals surface area contributed by atoms with E-state index < -0.39 is 0 Å². The third-order valence-electron chi connectivity index (χ3n) is 2.74. The van der Waals surface area contributed by atoms with Crippen LogP contribution in [0.2, 0.25) is 0 Å². The first-order valence-corrected chi connectivity index (χ1v) is 6.41. The number of ether oxygens (including phenoxy) is 2. The number of benzene rings is 1. The van der Waals surface area contributed by atoms with Gasteiger partial charge in [-0.1, -0.05) is 0 Å². The van der Waals surface area contributed by atoms with Gasteiger partial charge in [0.15, 0.2) is 5.78 Å². The highest BCUT2D eigenvalue weighted by molar-refractivity contribution is 6.10. The van der Waals surface area contributed by atoms with Crippen molar-refractivity contribution >= 4 is 5.78 Å². The SMILES string of the molecule is COc1cnccc1C(=O)c1ccc(OC(C)C)cc1. The number of hydrogen-bond acceptors (Lipinski definition) is 4. The summed E-state index contributed by atoms with van der Waals surface area (Å²) in [6.45, 7) is 3.92. The zero-order valence-corrected chi connectivity index (χ0v) is 11.8. The van der Waals surface area contributed by atoms with Crippen molar-refractivity contribution in [3.8, 4) is 11.5 Å². The van der Waals surface area contributed by atoms with Crippen molar-refractivity contribution < 1.29 is 14.3 Å². The third kappa shape index (κ3) is 3.15. The Morgan fingerprint density at radius 2 is 1.85 bits per heavy atom. The maximum absolute atomic E-state index is 12.4. The van der Waals surface area contributed by atoms with E-state index in [1.165, 1.54) is 13.3 Å². The molecule has 0 bridgehead atoms. The number of carbonyl (C=O) groups excluding carboxylic acids is 1. The van der Waals surface area contributed by atoms with Gasteiger partial charge in [0.2, 0.25) is 0 Å². The zero-order valence-electron chi connectivity index (χ0n) is 11.8. The summed E-state index contributed by atoms with van der Waals surface area (Å²) in [5, 5.41) is 0. The lowest BCUT2D eigenvalue weighted by Gasteiger charge is -2.10. The van der Waals surface area contributed by atoms with Gasteiger partial charge in [-0.3, -0.25) is 9.78 Å². The number of carbonyl (C=O) groups is 1. The number of nitrogens with zero attached hydrogens (tertiary/aromatic N) is 1. The molecule has 0 saturated heterocycles. The molecule has 0 spiro atoms. The second kappa shape index (κ2) is 6.19. The lowest BCUT2D eigenvalue weighted by atomic mass is 10.0. The Balaban J connectivity index is 2.25. The van der Waals surface area contributed by atoms with Crippen LogP contribution in [0.4, 0.5) is 0 Å². The van der Waals surface area contributed by atoms with E-state index in [9.17, 15) is 4.79 Å². The Hall–Kier alpha value is -2.36. The summed E-state index contributed by atoms with van der Waals surface area (Å²) in [6.07, 6.45) is 3.21. The van der Waals surface area contributed by atoms with E-state index in [4.69, 9.17) is 9.47 Å². The number of ketones is 1. The van der Waals surface area contributed by atoms with Gasteiger partial charge < -0.3 is 9.47 Å². The standard InChI is InChI=1S/C16H17NO3/c1-11(2)20-13-6-4-12(5-7-13)16(18)14-8-9-17-10-15(14)19-3/h4-11H,1-3H3. The van der Waals surface area contributed by atoms with E-state index in [2.05, 4.69) is 4.98 Å². The first-order chi connectivity index (χ1) is 9.61. The summed E-state index contributed by atoms with van der Waals surface area (Å²) in [5.41, 5.74) is 1.09. The van der Waals surface area contributed by atoms with E-state index >= 15 is 0 Å². The number of aromatic nitrogens is 1. The molecule has 0 unspecified atom stereocenters. The normalized spacial score (nSPS) is 10.4. The smallest absolute Gasteiger partial charge is 0.196 e. The van der Waals surface area contributed by atoms with Crippen LogP contribution in [0.5, 0.6) is 11.5 Å². The fourth-order valence-electron chi connectivity index (χ4n) is 1.84. The average Bonchev–Trinajstić information content (AvgIpc) is 2.46. The summed E-state index contributed by atoms with van der Waals surface area (Å²) in [7, 11) is 1.52. The fourth-order valence-corrected chi connectivity index (χ4v) is 1.84. The Kier molecular flexibility index (Phi) is 4.35. The zero-order chi connectivity index (χ0) is 14.5. The van der Waals surface area contributed by atoms with Gasteiger partial charge in [0.1, 0.15) is 11.5 Å². The first-order valence-electron chi connectivity index (χ1n) is 6.41. The van der Waals surface area contributed by atoms with Gasteiger partial charge in [-0.25, -0.2) is 0 Å². The van der Waals surface area contributed by atoms with Gasteiger partial charge in [0.25, 0.3) is 0 Å². The van der Waals surface area contributed by atoms with Crippen LogP contribution in [0, 0.1) is 0 Å². The molecule has 4 nitrogen and oxygen atoms in total. The van der Waals surface area contributed by atoms with Crippen LogP contribution < -0.4 is 9.47 Å². The van der Waals surface area contributed by atoms with E-state index in [-0.39, 0.29) is 11.9 Å². The molecule has 20 heavy (non-hydrogen) atoms. The van der Waals surface area contributed by atoms with Crippen LogP contribution in [-0.2, 0) is 0 Å². The predicted molar refractivity (Wildman–Crippen MR) is 76.4 cm³/mol. The molecule has 0 N–H and O–H groups in total. The Morgan fingerprint density at radius 1 is 1.15 bits per heavy atom. The van der Waals surface area contributed by atoms with Crippen LogP contribution in [-0.4, -0.2) is 24.0 Å². The molecule has 2 rings (SSSR count). The Labute approximate surface area is 118 Å². The van der Waals surface area contributed by atoms with E-state index in [1.54, 1.807) is 36.5 Å². The molecule has 1 heterocycles. The van der Waals surface area contributed by atoms with Gasteiger partial charge in [0, 0.05) is 11.8 Å². The third-order valence-corrected chi connectivity index (χ3v) is 2.74. The van der Waals surface area contributed by atoms with Crippen LogP contribution in [0.3, 0.4) is 0 Å². The quantitative estimate of drug-likeness (QED) is 0.784. The van der Waals surface area contributed by atoms with E-state index in [0.717, 1.165) is 5.75 Å². The van der Waals surface area contributed by atoms with E-state index in [1.807, 2.05) is 13.8 Å².